The fourth-order valence-electron chi connectivity index (χ4n) is 2.01. The highest BCUT2D eigenvalue weighted by Gasteiger charge is 2.32. The number of aliphatic hydroxyl groups is 1. The minimum atomic E-state index is -0.906. The van der Waals surface area contributed by atoms with Crippen LogP contribution in [0.25, 0.3) is 0 Å². The van der Waals surface area contributed by atoms with Crippen LogP contribution in [0.4, 0.5) is 4.79 Å². The van der Waals surface area contributed by atoms with Gasteiger partial charge in [0.2, 0.25) is 0 Å². The van der Waals surface area contributed by atoms with Crippen LogP contribution >= 0.6 is 0 Å². The Morgan fingerprint density at radius 2 is 2.11 bits per heavy atom. The van der Waals surface area contributed by atoms with Crippen molar-refractivity contribution in [3.8, 4) is 0 Å². The highest BCUT2D eigenvalue weighted by Crippen LogP contribution is 2.16. The molecule has 0 spiro atoms. The molecule has 1 aliphatic heterocycles. The second kappa shape index (κ2) is 6.54. The van der Waals surface area contributed by atoms with Crippen LogP contribution in [0.5, 0.6) is 0 Å². The van der Waals surface area contributed by atoms with Gasteiger partial charge in [0, 0.05) is 19.6 Å². The van der Waals surface area contributed by atoms with E-state index in [4.69, 9.17) is 4.74 Å². The molecule has 5 nitrogen and oxygen atoms in total. The predicted octanol–water partition coefficient (Wildman–Crippen LogP) is 0.680. The summed E-state index contributed by atoms with van der Waals surface area (Å²) in [6.07, 6.45) is 1.36. The van der Waals surface area contributed by atoms with Crippen molar-refractivity contribution in [2.24, 2.45) is 0 Å². The molecule has 1 aromatic carbocycles. The molecule has 1 aromatic rings. The van der Waals surface area contributed by atoms with Crippen molar-refractivity contribution in [3.05, 3.63) is 35.9 Å². The molecular formula is C14H20N2O3. The SMILES string of the molecule is O=C(NCCc1ccccc1)NC[C@]1(O)CCOC1. The Balaban J connectivity index is 1.62. The van der Waals surface area contributed by atoms with Crippen LogP contribution in [0.15, 0.2) is 30.3 Å². The first-order valence-electron chi connectivity index (χ1n) is 6.54. The van der Waals surface area contributed by atoms with E-state index in [0.717, 1.165) is 6.42 Å². The van der Waals surface area contributed by atoms with Gasteiger partial charge in [-0.25, -0.2) is 4.79 Å². The van der Waals surface area contributed by atoms with Gasteiger partial charge in [-0.05, 0) is 12.0 Å². The Kier molecular flexibility index (Phi) is 4.76. The number of rotatable bonds is 5. The summed E-state index contributed by atoms with van der Waals surface area (Å²) in [5.41, 5.74) is 0.280. The van der Waals surface area contributed by atoms with Crippen molar-refractivity contribution >= 4 is 6.03 Å². The third kappa shape index (κ3) is 4.54. The number of benzene rings is 1. The Hall–Kier alpha value is -1.59. The lowest BCUT2D eigenvalue weighted by molar-refractivity contribution is 0.0292. The quantitative estimate of drug-likeness (QED) is 0.732. The van der Waals surface area contributed by atoms with Crippen LogP contribution in [0.2, 0.25) is 0 Å². The number of carbonyl (C=O) groups is 1. The first kappa shape index (κ1) is 13.8. The van der Waals surface area contributed by atoms with Gasteiger partial charge in [-0.2, -0.15) is 0 Å². The smallest absolute Gasteiger partial charge is 0.314 e. The van der Waals surface area contributed by atoms with Gasteiger partial charge in [-0.3, -0.25) is 0 Å². The Bertz CT molecular complexity index is 402. The summed E-state index contributed by atoms with van der Waals surface area (Å²) in [5.74, 6) is 0. The van der Waals surface area contributed by atoms with Crippen molar-refractivity contribution < 1.29 is 14.6 Å². The van der Waals surface area contributed by atoms with Crippen molar-refractivity contribution in [1.29, 1.82) is 0 Å². The Labute approximate surface area is 113 Å². The molecule has 3 N–H and O–H groups in total. The maximum absolute atomic E-state index is 11.6. The second-order valence-corrected chi connectivity index (χ2v) is 4.87. The number of hydrogen-bond acceptors (Lipinski definition) is 3. The zero-order valence-electron chi connectivity index (χ0n) is 10.9. The molecule has 1 atom stereocenters. The molecule has 1 saturated heterocycles. The number of ether oxygens (including phenoxy) is 1. The average Bonchev–Trinajstić information content (AvgIpc) is 2.85. The third-order valence-electron chi connectivity index (χ3n) is 3.20. The largest absolute Gasteiger partial charge is 0.386 e. The topological polar surface area (TPSA) is 70.6 Å². The van der Waals surface area contributed by atoms with E-state index in [9.17, 15) is 9.90 Å². The van der Waals surface area contributed by atoms with Crippen molar-refractivity contribution in [2.45, 2.75) is 18.4 Å². The summed E-state index contributed by atoms with van der Waals surface area (Å²) in [5, 5.41) is 15.4. The van der Waals surface area contributed by atoms with E-state index in [1.54, 1.807) is 0 Å². The van der Waals surface area contributed by atoms with Crippen molar-refractivity contribution in [1.82, 2.24) is 10.6 Å². The predicted molar refractivity (Wildman–Crippen MR) is 71.9 cm³/mol. The minimum Gasteiger partial charge on any atom is -0.386 e. The molecule has 1 aliphatic rings. The lowest BCUT2D eigenvalue weighted by Crippen LogP contribution is -2.47. The summed E-state index contributed by atoms with van der Waals surface area (Å²) < 4.78 is 5.11. The van der Waals surface area contributed by atoms with Crippen LogP contribution in [0.3, 0.4) is 0 Å². The fourth-order valence-corrected chi connectivity index (χ4v) is 2.01. The molecule has 0 radical (unpaired) electrons. The average molecular weight is 264 g/mol. The van der Waals surface area contributed by atoms with Crippen LogP contribution in [0, 0.1) is 0 Å². The zero-order valence-corrected chi connectivity index (χ0v) is 10.9. The second-order valence-electron chi connectivity index (χ2n) is 4.87. The standard InChI is InChI=1S/C14H20N2O3/c17-13(16-10-14(18)7-9-19-11-14)15-8-6-12-4-2-1-3-5-12/h1-5,18H,6-11H2,(H2,15,16,17)/t14-/m1/s1. The number of amides is 2. The van der Waals surface area contributed by atoms with Crippen LogP contribution < -0.4 is 10.6 Å². The van der Waals surface area contributed by atoms with Crippen LogP contribution in [-0.4, -0.2) is 43.0 Å². The Morgan fingerprint density at radius 1 is 1.32 bits per heavy atom. The lowest BCUT2D eigenvalue weighted by atomic mass is 10.0. The molecule has 0 unspecified atom stereocenters. The summed E-state index contributed by atoms with van der Waals surface area (Å²) in [6, 6.07) is 9.72. The summed E-state index contributed by atoms with van der Waals surface area (Å²) in [6.45, 7) is 1.64. The molecule has 2 amide bonds. The zero-order chi connectivity index (χ0) is 13.6. The fraction of sp³-hybridized carbons (Fsp3) is 0.500. The van der Waals surface area contributed by atoms with Gasteiger partial charge in [0.15, 0.2) is 0 Å². The molecule has 1 heterocycles. The molecular weight excluding hydrogens is 244 g/mol. The van der Waals surface area contributed by atoms with Crippen LogP contribution in [0.1, 0.15) is 12.0 Å². The maximum Gasteiger partial charge on any atom is 0.314 e. The van der Waals surface area contributed by atoms with E-state index in [0.29, 0.717) is 19.6 Å². The van der Waals surface area contributed by atoms with Gasteiger partial charge < -0.3 is 20.5 Å². The minimum absolute atomic E-state index is 0.226. The number of carbonyl (C=O) groups excluding carboxylic acids is 1. The normalized spacial score (nSPS) is 22.2. The van der Waals surface area contributed by atoms with Gasteiger partial charge in [0.05, 0.1) is 13.2 Å². The molecule has 104 valence electrons. The summed E-state index contributed by atoms with van der Waals surface area (Å²) in [4.78, 5) is 11.6. The van der Waals surface area contributed by atoms with E-state index in [1.165, 1.54) is 5.56 Å². The van der Waals surface area contributed by atoms with Gasteiger partial charge in [-0.15, -0.1) is 0 Å². The Morgan fingerprint density at radius 3 is 2.79 bits per heavy atom. The van der Waals surface area contributed by atoms with E-state index in [1.807, 2.05) is 30.3 Å². The van der Waals surface area contributed by atoms with Gasteiger partial charge in [0.25, 0.3) is 0 Å². The van der Waals surface area contributed by atoms with E-state index in [-0.39, 0.29) is 19.2 Å². The van der Waals surface area contributed by atoms with Crippen molar-refractivity contribution in [3.63, 3.8) is 0 Å². The van der Waals surface area contributed by atoms with E-state index in [2.05, 4.69) is 10.6 Å². The summed E-state index contributed by atoms with van der Waals surface area (Å²) in [7, 11) is 0. The van der Waals surface area contributed by atoms with Gasteiger partial charge >= 0.3 is 6.03 Å². The highest BCUT2D eigenvalue weighted by molar-refractivity contribution is 5.73. The first-order valence-corrected chi connectivity index (χ1v) is 6.54. The molecule has 0 saturated carbocycles. The monoisotopic (exact) mass is 264 g/mol. The number of nitrogens with one attached hydrogen (secondary N) is 2. The molecule has 0 aliphatic carbocycles. The van der Waals surface area contributed by atoms with Crippen LogP contribution in [-0.2, 0) is 11.2 Å². The lowest BCUT2D eigenvalue weighted by Gasteiger charge is -2.20. The van der Waals surface area contributed by atoms with Gasteiger partial charge in [-0.1, -0.05) is 30.3 Å². The van der Waals surface area contributed by atoms with Gasteiger partial charge in [0.1, 0.15) is 5.60 Å². The van der Waals surface area contributed by atoms with E-state index >= 15 is 0 Å². The van der Waals surface area contributed by atoms with E-state index < -0.39 is 5.60 Å². The first-order chi connectivity index (χ1) is 9.18. The molecule has 1 fully saturated rings. The highest BCUT2D eigenvalue weighted by atomic mass is 16.5. The number of urea groups is 1. The summed E-state index contributed by atoms with van der Waals surface area (Å²) >= 11 is 0. The molecule has 0 bridgehead atoms. The molecule has 2 rings (SSSR count). The van der Waals surface area contributed by atoms with Crippen molar-refractivity contribution in [2.75, 3.05) is 26.3 Å². The molecule has 0 aromatic heterocycles. The maximum atomic E-state index is 11.6. The molecule has 19 heavy (non-hydrogen) atoms. The third-order valence-corrected chi connectivity index (χ3v) is 3.20. The number of hydrogen-bond donors (Lipinski definition) is 3. The molecule has 5 heteroatoms.